The number of ether oxygens (including phenoxy) is 1. The van der Waals surface area contributed by atoms with Gasteiger partial charge in [-0.3, -0.25) is 9.59 Å². The van der Waals surface area contributed by atoms with Gasteiger partial charge in [0.05, 0.1) is 19.1 Å². The summed E-state index contributed by atoms with van der Waals surface area (Å²) in [7, 11) is 0. The molecule has 156 valence electrons. The number of carbonyl (C=O) groups excluding carboxylic acids is 2. The standard InChI is InChI=1S/C22H24N4O3S/c23-22(12-29-13-22)21(28)26-9-7-25(8-10-26)20(27)16-3-1-15(2-4-16)17-5-6-19-18(11-17)24-14-30-19/h1-6,11,24H,7-10,12-14,23H2. The zero-order chi connectivity index (χ0) is 20.7. The molecule has 2 saturated heterocycles. The van der Waals surface area contributed by atoms with Crippen molar-refractivity contribution in [1.29, 1.82) is 0 Å². The number of carbonyl (C=O) groups is 2. The van der Waals surface area contributed by atoms with Gasteiger partial charge in [-0.25, -0.2) is 0 Å². The molecule has 0 saturated carbocycles. The first-order valence-corrected chi connectivity index (χ1v) is 11.1. The molecule has 0 aliphatic carbocycles. The van der Waals surface area contributed by atoms with Crippen molar-refractivity contribution >= 4 is 29.3 Å². The second kappa shape index (κ2) is 7.61. The Morgan fingerprint density at radius 2 is 1.63 bits per heavy atom. The molecule has 7 nitrogen and oxygen atoms in total. The third-order valence-corrected chi connectivity index (χ3v) is 6.89. The van der Waals surface area contributed by atoms with E-state index in [0.29, 0.717) is 31.7 Å². The third kappa shape index (κ3) is 3.45. The number of anilines is 1. The minimum atomic E-state index is -0.881. The molecule has 3 N–H and O–H groups in total. The topological polar surface area (TPSA) is 87.9 Å². The van der Waals surface area contributed by atoms with Gasteiger partial charge in [0.15, 0.2) is 0 Å². The maximum atomic E-state index is 12.9. The fourth-order valence-electron chi connectivity index (χ4n) is 4.03. The SMILES string of the molecule is NC1(C(=O)N2CCN(C(=O)c3ccc(-c4ccc5c(c4)NCS5)cc3)CC2)COC1. The molecule has 3 aliphatic rings. The van der Waals surface area contributed by atoms with Crippen LogP contribution in [0.4, 0.5) is 5.69 Å². The van der Waals surface area contributed by atoms with E-state index in [0.717, 1.165) is 22.7 Å². The summed E-state index contributed by atoms with van der Waals surface area (Å²) < 4.78 is 5.09. The monoisotopic (exact) mass is 424 g/mol. The minimum Gasteiger partial charge on any atom is -0.376 e. The smallest absolute Gasteiger partial charge is 0.253 e. The van der Waals surface area contributed by atoms with Crippen LogP contribution in [0, 0.1) is 0 Å². The van der Waals surface area contributed by atoms with E-state index in [-0.39, 0.29) is 25.0 Å². The number of hydrogen-bond acceptors (Lipinski definition) is 6. The fourth-order valence-corrected chi connectivity index (χ4v) is 4.86. The maximum absolute atomic E-state index is 12.9. The first kappa shape index (κ1) is 19.4. The summed E-state index contributed by atoms with van der Waals surface area (Å²) >= 11 is 1.80. The lowest BCUT2D eigenvalue weighted by molar-refractivity contribution is -0.155. The summed E-state index contributed by atoms with van der Waals surface area (Å²) in [6.07, 6.45) is 0. The first-order chi connectivity index (χ1) is 14.5. The molecule has 0 aromatic heterocycles. The van der Waals surface area contributed by atoms with Crippen LogP contribution < -0.4 is 11.1 Å². The Labute approximate surface area is 179 Å². The highest BCUT2D eigenvalue weighted by Crippen LogP contribution is 2.36. The number of nitrogens with two attached hydrogens (primary N) is 1. The average molecular weight is 425 g/mol. The highest BCUT2D eigenvalue weighted by Gasteiger charge is 2.45. The number of piperazine rings is 1. The molecule has 0 bridgehead atoms. The van der Waals surface area contributed by atoms with E-state index in [4.69, 9.17) is 10.5 Å². The van der Waals surface area contributed by atoms with Crippen LogP contribution in [0.2, 0.25) is 0 Å². The number of fused-ring (bicyclic) bond motifs is 1. The third-order valence-electron chi connectivity index (χ3n) is 5.93. The highest BCUT2D eigenvalue weighted by molar-refractivity contribution is 7.99. The molecule has 2 amide bonds. The Hall–Kier alpha value is -2.55. The Kier molecular flexibility index (Phi) is 4.92. The van der Waals surface area contributed by atoms with Crippen LogP contribution in [0.3, 0.4) is 0 Å². The number of nitrogens with one attached hydrogen (secondary N) is 1. The molecule has 2 fully saturated rings. The van der Waals surface area contributed by atoms with Crippen LogP contribution in [-0.4, -0.2) is 72.4 Å². The van der Waals surface area contributed by atoms with Crippen molar-refractivity contribution in [3.8, 4) is 11.1 Å². The largest absolute Gasteiger partial charge is 0.376 e. The molecule has 0 unspecified atom stereocenters. The summed E-state index contributed by atoms with van der Waals surface area (Å²) in [6, 6.07) is 14.1. The Morgan fingerprint density at radius 3 is 2.30 bits per heavy atom. The van der Waals surface area contributed by atoms with Crippen molar-refractivity contribution in [3.63, 3.8) is 0 Å². The van der Waals surface area contributed by atoms with Gasteiger partial charge in [0.2, 0.25) is 5.91 Å². The maximum Gasteiger partial charge on any atom is 0.253 e. The molecule has 0 atom stereocenters. The zero-order valence-electron chi connectivity index (χ0n) is 16.6. The lowest BCUT2D eigenvalue weighted by Crippen LogP contribution is -2.68. The van der Waals surface area contributed by atoms with Gasteiger partial charge in [-0.1, -0.05) is 18.2 Å². The Balaban J connectivity index is 1.22. The minimum absolute atomic E-state index is 0.00453. The number of nitrogens with zero attached hydrogens (tertiary/aromatic N) is 2. The van der Waals surface area contributed by atoms with Crippen LogP contribution in [0.25, 0.3) is 11.1 Å². The number of amides is 2. The van der Waals surface area contributed by atoms with Gasteiger partial charge in [0.25, 0.3) is 5.91 Å². The van der Waals surface area contributed by atoms with E-state index in [9.17, 15) is 9.59 Å². The molecular weight excluding hydrogens is 400 g/mol. The summed E-state index contributed by atoms with van der Waals surface area (Å²) in [5.41, 5.74) is 9.21. The van der Waals surface area contributed by atoms with Gasteiger partial charge < -0.3 is 25.6 Å². The van der Waals surface area contributed by atoms with E-state index in [1.165, 1.54) is 4.90 Å². The van der Waals surface area contributed by atoms with Crippen molar-refractivity contribution < 1.29 is 14.3 Å². The molecule has 2 aromatic rings. The van der Waals surface area contributed by atoms with Crippen molar-refractivity contribution in [1.82, 2.24) is 9.80 Å². The summed E-state index contributed by atoms with van der Waals surface area (Å²) in [6.45, 7) is 2.57. The van der Waals surface area contributed by atoms with Crippen molar-refractivity contribution in [2.45, 2.75) is 10.4 Å². The van der Waals surface area contributed by atoms with E-state index in [1.807, 2.05) is 24.3 Å². The van der Waals surface area contributed by atoms with Gasteiger partial charge in [-0.2, -0.15) is 0 Å². The molecule has 3 heterocycles. The van der Waals surface area contributed by atoms with Crippen molar-refractivity contribution in [2.24, 2.45) is 5.73 Å². The van der Waals surface area contributed by atoms with Gasteiger partial charge >= 0.3 is 0 Å². The summed E-state index contributed by atoms with van der Waals surface area (Å²) in [5.74, 6) is 0.827. The molecule has 2 aromatic carbocycles. The van der Waals surface area contributed by atoms with E-state index in [2.05, 4.69) is 23.5 Å². The molecule has 8 heteroatoms. The molecule has 0 radical (unpaired) electrons. The van der Waals surface area contributed by atoms with Gasteiger partial charge in [0.1, 0.15) is 5.54 Å². The van der Waals surface area contributed by atoms with Gasteiger partial charge in [-0.15, -0.1) is 11.8 Å². The predicted octanol–water partition coefficient (Wildman–Crippen LogP) is 1.84. The van der Waals surface area contributed by atoms with E-state index < -0.39 is 5.54 Å². The zero-order valence-corrected chi connectivity index (χ0v) is 17.4. The van der Waals surface area contributed by atoms with Gasteiger partial charge in [0, 0.05) is 42.3 Å². The Bertz CT molecular complexity index is 982. The number of hydrogen-bond donors (Lipinski definition) is 2. The quantitative estimate of drug-likeness (QED) is 0.782. The van der Waals surface area contributed by atoms with Crippen molar-refractivity contribution in [3.05, 3.63) is 48.0 Å². The van der Waals surface area contributed by atoms with Crippen LogP contribution in [-0.2, 0) is 9.53 Å². The molecule has 30 heavy (non-hydrogen) atoms. The fraction of sp³-hybridized carbons (Fsp3) is 0.364. The van der Waals surface area contributed by atoms with Crippen LogP contribution in [0.5, 0.6) is 0 Å². The lowest BCUT2D eigenvalue weighted by Gasteiger charge is -2.43. The molecular formula is C22H24N4O3S. The van der Waals surface area contributed by atoms with Gasteiger partial charge in [-0.05, 0) is 35.4 Å². The highest BCUT2D eigenvalue weighted by atomic mass is 32.2. The molecule has 3 aliphatic heterocycles. The normalized spacial score (nSPS) is 19.6. The number of thioether (sulfide) groups is 1. The number of benzene rings is 2. The second-order valence-electron chi connectivity index (χ2n) is 7.99. The second-order valence-corrected chi connectivity index (χ2v) is 9.00. The van der Waals surface area contributed by atoms with E-state index >= 15 is 0 Å². The van der Waals surface area contributed by atoms with Crippen LogP contribution >= 0.6 is 11.8 Å². The van der Waals surface area contributed by atoms with Crippen molar-refractivity contribution in [2.75, 3.05) is 50.6 Å². The molecule has 5 rings (SSSR count). The summed E-state index contributed by atoms with van der Waals surface area (Å²) in [5, 5.41) is 3.37. The number of rotatable bonds is 3. The predicted molar refractivity (Wildman–Crippen MR) is 116 cm³/mol. The van der Waals surface area contributed by atoms with Crippen LogP contribution in [0.15, 0.2) is 47.4 Å². The Morgan fingerprint density at radius 1 is 0.967 bits per heavy atom. The lowest BCUT2D eigenvalue weighted by atomic mass is 9.96. The molecule has 0 spiro atoms. The van der Waals surface area contributed by atoms with Crippen LogP contribution in [0.1, 0.15) is 10.4 Å². The van der Waals surface area contributed by atoms with E-state index in [1.54, 1.807) is 21.6 Å². The average Bonchev–Trinajstić information content (AvgIpc) is 3.24. The summed E-state index contributed by atoms with van der Waals surface area (Å²) in [4.78, 5) is 30.2. The first-order valence-electron chi connectivity index (χ1n) is 10.1.